The van der Waals surface area contributed by atoms with Crippen molar-refractivity contribution in [3.8, 4) is 0 Å². The number of rotatable bonds is 7. The molecule has 1 saturated heterocycles. The molecule has 172 valence electrons. The molecule has 15 heteroatoms. The highest BCUT2D eigenvalue weighted by Crippen LogP contribution is 2.51. The van der Waals surface area contributed by atoms with Crippen LogP contribution in [0.2, 0.25) is 0 Å². The van der Waals surface area contributed by atoms with Gasteiger partial charge in [-0.15, -0.1) is 0 Å². The average Bonchev–Trinajstić information content (AvgIpc) is 2.66. The van der Waals surface area contributed by atoms with E-state index in [-0.39, 0.29) is 4.90 Å². The van der Waals surface area contributed by atoms with E-state index in [1.165, 1.54) is 0 Å². The number of hydrogen-bond acceptors (Lipinski definition) is 12. The van der Waals surface area contributed by atoms with Crippen molar-refractivity contribution in [1.29, 1.82) is 0 Å². The summed E-state index contributed by atoms with van der Waals surface area (Å²) in [4.78, 5) is 63.8. The summed E-state index contributed by atoms with van der Waals surface area (Å²) in [6.45, 7) is -0.268. The van der Waals surface area contributed by atoms with Gasteiger partial charge in [-0.3, -0.25) is 24.0 Å². The Bertz CT molecular complexity index is 887. The number of aliphatic hydroxyl groups is 5. The molecular formula is C16H22N4O11. The van der Waals surface area contributed by atoms with Crippen LogP contribution in [0.4, 0.5) is 0 Å². The Morgan fingerprint density at radius 3 is 1.77 bits per heavy atom. The maximum atomic E-state index is 12.5. The van der Waals surface area contributed by atoms with Gasteiger partial charge in [0.05, 0.1) is 6.61 Å². The van der Waals surface area contributed by atoms with Crippen molar-refractivity contribution in [2.45, 2.75) is 56.5 Å². The van der Waals surface area contributed by atoms with Gasteiger partial charge in [-0.25, -0.2) is 4.90 Å². The molecule has 0 aromatic rings. The molecule has 0 aliphatic carbocycles. The van der Waals surface area contributed by atoms with E-state index in [0.717, 1.165) is 0 Å². The Balaban J connectivity index is 4.14. The number of aliphatic hydroxyl groups excluding tert-OH is 1. The fraction of sp³-hybridized carbons (Fsp3) is 0.688. The minimum atomic E-state index is -4.05. The molecule has 2 amide bonds. The molecule has 1 aliphatic rings. The van der Waals surface area contributed by atoms with Crippen molar-refractivity contribution < 1.29 is 54.2 Å². The van der Waals surface area contributed by atoms with Gasteiger partial charge in [-0.1, -0.05) is 5.11 Å². The van der Waals surface area contributed by atoms with E-state index < -0.39 is 71.1 Å². The van der Waals surface area contributed by atoms with Crippen molar-refractivity contribution in [1.82, 2.24) is 4.90 Å². The molecule has 0 saturated carbocycles. The minimum absolute atomic E-state index is 0.334. The lowest BCUT2D eigenvalue weighted by atomic mass is 9.59. The van der Waals surface area contributed by atoms with Crippen LogP contribution in [-0.4, -0.2) is 102 Å². The summed E-state index contributed by atoms with van der Waals surface area (Å²) in [6, 6.07) is 0. The first kappa shape index (κ1) is 26.3. The Morgan fingerprint density at radius 2 is 1.45 bits per heavy atom. The lowest BCUT2D eigenvalue weighted by Crippen LogP contribution is -2.92. The summed E-state index contributed by atoms with van der Waals surface area (Å²) in [7, 11) is 0. The zero-order chi connectivity index (χ0) is 24.6. The summed E-state index contributed by atoms with van der Waals surface area (Å²) in [6.07, 6.45) is -2.43. The van der Waals surface area contributed by atoms with Gasteiger partial charge < -0.3 is 30.3 Å². The molecule has 5 atom stereocenters. The lowest BCUT2D eigenvalue weighted by molar-refractivity contribution is -0.436. The van der Waals surface area contributed by atoms with E-state index in [0.29, 0.717) is 27.7 Å². The van der Waals surface area contributed by atoms with E-state index in [2.05, 4.69) is 10.0 Å². The summed E-state index contributed by atoms with van der Waals surface area (Å²) in [5.74, 6) is -11.8. The van der Waals surface area contributed by atoms with Crippen LogP contribution in [0, 0.1) is 0 Å². The highest BCUT2D eigenvalue weighted by molar-refractivity contribution is 6.07. The number of Topliss-reactive ketones (excluding diaryl/α,β-unsaturated/α-hetero) is 3. The molecule has 0 spiro atoms. The number of carbonyl (C=O) groups is 5. The fourth-order valence-corrected chi connectivity index (χ4v) is 3.71. The molecule has 1 fully saturated rings. The van der Waals surface area contributed by atoms with Gasteiger partial charge >= 0.3 is 0 Å². The third kappa shape index (κ3) is 3.23. The van der Waals surface area contributed by atoms with Crippen molar-refractivity contribution in [3.05, 3.63) is 10.4 Å². The van der Waals surface area contributed by atoms with E-state index in [1.807, 2.05) is 0 Å². The van der Waals surface area contributed by atoms with Crippen LogP contribution in [0.15, 0.2) is 5.11 Å². The average molecular weight is 446 g/mol. The number of amides is 2. The molecule has 5 N–H and O–H groups in total. The first-order valence-electron chi connectivity index (χ1n) is 8.61. The normalized spacial score (nSPS) is 34.9. The molecule has 0 aromatic heterocycles. The van der Waals surface area contributed by atoms with Gasteiger partial charge in [0.15, 0.2) is 23.0 Å². The third-order valence-corrected chi connectivity index (χ3v) is 5.18. The summed E-state index contributed by atoms with van der Waals surface area (Å²) < 4.78 is 4.95. The van der Waals surface area contributed by atoms with E-state index in [1.54, 1.807) is 0 Å². The Hall–Kier alpha value is -2.78. The predicted octanol–water partition coefficient (Wildman–Crippen LogP) is -3.33. The zero-order valence-corrected chi connectivity index (χ0v) is 17.0. The third-order valence-electron chi connectivity index (χ3n) is 5.18. The van der Waals surface area contributed by atoms with Gasteiger partial charge in [0.25, 0.3) is 5.91 Å². The zero-order valence-electron chi connectivity index (χ0n) is 17.0. The van der Waals surface area contributed by atoms with Gasteiger partial charge in [-0.2, -0.15) is 0 Å². The van der Waals surface area contributed by atoms with Crippen LogP contribution in [-0.2, 0) is 28.7 Å². The number of azide groups is 1. The Morgan fingerprint density at radius 1 is 0.968 bits per heavy atom. The number of nitrogens with zero attached hydrogens (tertiary/aromatic N) is 4. The largest absolute Gasteiger partial charge is 0.394 e. The van der Waals surface area contributed by atoms with Crippen molar-refractivity contribution in [3.63, 3.8) is 0 Å². The first-order chi connectivity index (χ1) is 14.0. The predicted molar refractivity (Wildman–Crippen MR) is 95.3 cm³/mol. The Labute approximate surface area is 174 Å². The number of ether oxygens (including phenoxy) is 1. The highest BCUT2D eigenvalue weighted by Gasteiger charge is 2.84. The topological polar surface area (TPSA) is 248 Å². The van der Waals surface area contributed by atoms with E-state index in [9.17, 15) is 49.5 Å². The second kappa shape index (κ2) is 8.39. The number of ketones is 3. The number of imide groups is 1. The molecule has 0 bridgehead atoms. The number of carbonyl (C=O) groups excluding carboxylic acids is 5. The van der Waals surface area contributed by atoms with Gasteiger partial charge in [0.1, 0.15) is 12.6 Å². The van der Waals surface area contributed by atoms with Crippen LogP contribution in [0.25, 0.3) is 10.4 Å². The molecule has 0 radical (unpaired) electrons. The Kier molecular flexibility index (Phi) is 7.11. The van der Waals surface area contributed by atoms with Gasteiger partial charge in [0.2, 0.25) is 23.0 Å². The van der Waals surface area contributed by atoms with Crippen LogP contribution in [0.1, 0.15) is 27.7 Å². The summed E-state index contributed by atoms with van der Waals surface area (Å²) in [5.41, 5.74) is -3.11. The highest BCUT2D eigenvalue weighted by atomic mass is 16.7. The molecule has 15 nitrogen and oxygen atoms in total. The first-order valence-corrected chi connectivity index (χ1v) is 8.61. The molecule has 31 heavy (non-hydrogen) atoms. The van der Waals surface area contributed by atoms with Crippen LogP contribution in [0.5, 0.6) is 0 Å². The second-order valence-corrected chi connectivity index (χ2v) is 6.89. The molecule has 0 aromatic carbocycles. The molecule has 1 aliphatic heterocycles. The smallest absolute Gasteiger partial charge is 0.300 e. The fourth-order valence-electron chi connectivity index (χ4n) is 3.71. The quantitative estimate of drug-likeness (QED) is 0.112. The molecule has 0 unspecified atom stereocenters. The molecule has 1 heterocycles. The molecule has 1 rings (SSSR count). The standard InChI is InChI=1S/C16H22N4O11/c1-7(22)13(27)11(6-21)31-16(30,20(10(4)25)12(26)5-18-19-17)15(29,9(3)24)14(13,28)8(2)23/h11,21,27-30H,5-6H2,1-4H3/t11-,13-,14+,15-,16+/m1/s1. The van der Waals surface area contributed by atoms with Crippen LogP contribution in [0.3, 0.4) is 0 Å². The van der Waals surface area contributed by atoms with Crippen LogP contribution >= 0.6 is 0 Å². The summed E-state index contributed by atoms with van der Waals surface area (Å²) >= 11 is 0. The number of hydrogen-bond donors (Lipinski definition) is 5. The van der Waals surface area contributed by atoms with E-state index in [4.69, 9.17) is 10.3 Å². The summed E-state index contributed by atoms with van der Waals surface area (Å²) in [5, 5.41) is 57.0. The minimum Gasteiger partial charge on any atom is -0.394 e. The SMILES string of the molecule is CC(=O)N(C(=O)CN=[N+]=[N-])[C@@]1(O)O[C@H](CO)[C@](O)(C(C)=O)[C@@](O)(C(C)=O)[C@]1(O)C(C)=O. The van der Waals surface area contributed by atoms with Crippen molar-refractivity contribution >= 4 is 29.2 Å². The van der Waals surface area contributed by atoms with Crippen molar-refractivity contribution in [2.75, 3.05) is 13.2 Å². The monoisotopic (exact) mass is 446 g/mol. The van der Waals surface area contributed by atoms with Crippen LogP contribution < -0.4 is 0 Å². The maximum absolute atomic E-state index is 12.5. The maximum Gasteiger partial charge on any atom is 0.300 e. The molecular weight excluding hydrogens is 424 g/mol. The lowest BCUT2D eigenvalue weighted by Gasteiger charge is -2.61. The van der Waals surface area contributed by atoms with Gasteiger partial charge in [-0.05, 0) is 26.3 Å². The van der Waals surface area contributed by atoms with Crippen molar-refractivity contribution in [2.24, 2.45) is 5.11 Å². The second-order valence-electron chi connectivity index (χ2n) is 6.89. The van der Waals surface area contributed by atoms with Gasteiger partial charge in [0, 0.05) is 11.8 Å². The van der Waals surface area contributed by atoms with E-state index >= 15 is 0 Å².